The third-order valence-corrected chi connectivity index (χ3v) is 7.18. The second kappa shape index (κ2) is 8.62. The van der Waals surface area contributed by atoms with Crippen molar-refractivity contribution in [1.82, 2.24) is 19.9 Å². The van der Waals surface area contributed by atoms with E-state index in [1.54, 1.807) is 12.1 Å². The molecule has 1 saturated heterocycles. The SMILES string of the molecule is O=C(Nc1ccc2c(c1)OCO2)C1CCN(C(=O)c2ccc3c(c2)nnn3C2CCCC2)CC1. The highest BCUT2D eigenvalue weighted by Crippen LogP contribution is 2.35. The summed E-state index contributed by atoms with van der Waals surface area (Å²) in [6.07, 6.45) is 5.98. The summed E-state index contributed by atoms with van der Waals surface area (Å²) < 4.78 is 12.7. The number of benzene rings is 2. The minimum Gasteiger partial charge on any atom is -0.454 e. The van der Waals surface area contributed by atoms with E-state index < -0.39 is 0 Å². The molecule has 0 bridgehead atoms. The first-order valence-electron chi connectivity index (χ1n) is 12.0. The highest BCUT2D eigenvalue weighted by molar-refractivity contribution is 5.98. The number of piperidine rings is 1. The Hall–Kier alpha value is -3.62. The molecule has 1 aliphatic carbocycles. The normalized spacial score (nSPS) is 18.5. The number of nitrogens with zero attached hydrogens (tertiary/aromatic N) is 4. The molecule has 0 radical (unpaired) electrons. The Balaban J connectivity index is 1.07. The molecule has 0 spiro atoms. The number of rotatable bonds is 4. The van der Waals surface area contributed by atoms with Crippen LogP contribution in [0.1, 0.15) is 54.9 Å². The molecular formula is C25H27N5O4. The van der Waals surface area contributed by atoms with Crippen LogP contribution in [0.5, 0.6) is 11.5 Å². The molecule has 34 heavy (non-hydrogen) atoms. The molecule has 2 aliphatic heterocycles. The molecule has 9 heteroatoms. The van der Waals surface area contributed by atoms with Gasteiger partial charge in [-0.25, -0.2) is 4.68 Å². The number of hydrogen-bond acceptors (Lipinski definition) is 6. The van der Waals surface area contributed by atoms with Crippen molar-refractivity contribution in [3.8, 4) is 11.5 Å². The molecule has 2 fully saturated rings. The van der Waals surface area contributed by atoms with Crippen LogP contribution < -0.4 is 14.8 Å². The van der Waals surface area contributed by atoms with Crippen molar-refractivity contribution >= 4 is 28.5 Å². The van der Waals surface area contributed by atoms with E-state index in [0.717, 1.165) is 23.9 Å². The van der Waals surface area contributed by atoms with E-state index in [4.69, 9.17) is 9.47 Å². The first-order valence-corrected chi connectivity index (χ1v) is 12.0. The molecular weight excluding hydrogens is 434 g/mol. The molecule has 176 valence electrons. The lowest BCUT2D eigenvalue weighted by atomic mass is 9.95. The third-order valence-electron chi connectivity index (χ3n) is 7.18. The predicted molar refractivity (Wildman–Crippen MR) is 125 cm³/mol. The van der Waals surface area contributed by atoms with Crippen molar-refractivity contribution in [2.75, 3.05) is 25.2 Å². The Morgan fingerprint density at radius 3 is 2.56 bits per heavy atom. The summed E-state index contributed by atoms with van der Waals surface area (Å²) >= 11 is 0. The highest BCUT2D eigenvalue weighted by atomic mass is 16.7. The van der Waals surface area contributed by atoms with Crippen LogP contribution in [0, 0.1) is 5.92 Å². The molecule has 3 heterocycles. The van der Waals surface area contributed by atoms with Crippen molar-refractivity contribution in [2.24, 2.45) is 5.92 Å². The molecule has 1 N–H and O–H groups in total. The van der Waals surface area contributed by atoms with Crippen LogP contribution in [0.3, 0.4) is 0 Å². The van der Waals surface area contributed by atoms with Crippen LogP contribution in [0.2, 0.25) is 0 Å². The van der Waals surface area contributed by atoms with Crippen LogP contribution >= 0.6 is 0 Å². The van der Waals surface area contributed by atoms with Crippen molar-refractivity contribution < 1.29 is 19.1 Å². The molecule has 0 atom stereocenters. The topological polar surface area (TPSA) is 98.6 Å². The Bertz CT molecular complexity index is 1240. The Morgan fingerprint density at radius 1 is 0.941 bits per heavy atom. The summed E-state index contributed by atoms with van der Waals surface area (Å²) in [5.74, 6) is 1.13. The smallest absolute Gasteiger partial charge is 0.253 e. The van der Waals surface area contributed by atoms with Crippen molar-refractivity contribution in [1.29, 1.82) is 0 Å². The van der Waals surface area contributed by atoms with E-state index in [-0.39, 0.29) is 24.5 Å². The number of anilines is 1. The summed E-state index contributed by atoms with van der Waals surface area (Å²) in [4.78, 5) is 27.7. The monoisotopic (exact) mass is 461 g/mol. The lowest BCUT2D eigenvalue weighted by molar-refractivity contribution is -0.121. The molecule has 0 unspecified atom stereocenters. The number of likely N-dealkylation sites (tertiary alicyclic amines) is 1. The Morgan fingerprint density at radius 2 is 1.74 bits per heavy atom. The lowest BCUT2D eigenvalue weighted by Gasteiger charge is -2.31. The van der Waals surface area contributed by atoms with Gasteiger partial charge >= 0.3 is 0 Å². The van der Waals surface area contributed by atoms with Crippen LogP contribution in [-0.2, 0) is 4.79 Å². The fourth-order valence-electron chi connectivity index (χ4n) is 5.24. The van der Waals surface area contributed by atoms with E-state index in [1.165, 1.54) is 12.8 Å². The zero-order valence-corrected chi connectivity index (χ0v) is 18.9. The van der Waals surface area contributed by atoms with Gasteiger partial charge in [0.15, 0.2) is 11.5 Å². The molecule has 2 aromatic carbocycles. The van der Waals surface area contributed by atoms with Gasteiger partial charge in [-0.3, -0.25) is 9.59 Å². The maximum absolute atomic E-state index is 13.1. The molecule has 1 aromatic heterocycles. The van der Waals surface area contributed by atoms with Gasteiger partial charge in [-0.2, -0.15) is 0 Å². The summed E-state index contributed by atoms with van der Waals surface area (Å²) in [6.45, 7) is 1.29. The Kier molecular flexibility index (Phi) is 5.31. The van der Waals surface area contributed by atoms with Crippen molar-refractivity contribution in [2.45, 2.75) is 44.6 Å². The second-order valence-corrected chi connectivity index (χ2v) is 9.30. The van der Waals surface area contributed by atoms with Gasteiger partial charge in [0.1, 0.15) is 5.52 Å². The largest absolute Gasteiger partial charge is 0.454 e. The first kappa shape index (κ1) is 20.9. The van der Waals surface area contributed by atoms with Gasteiger partial charge < -0.3 is 19.7 Å². The van der Waals surface area contributed by atoms with Gasteiger partial charge in [0, 0.05) is 36.3 Å². The van der Waals surface area contributed by atoms with Gasteiger partial charge in [0.25, 0.3) is 5.91 Å². The molecule has 6 rings (SSSR count). The lowest BCUT2D eigenvalue weighted by Crippen LogP contribution is -2.41. The number of ether oxygens (including phenoxy) is 2. The van der Waals surface area contributed by atoms with Crippen molar-refractivity contribution in [3.63, 3.8) is 0 Å². The van der Waals surface area contributed by atoms with E-state index >= 15 is 0 Å². The third kappa shape index (κ3) is 3.85. The second-order valence-electron chi connectivity index (χ2n) is 9.30. The zero-order chi connectivity index (χ0) is 23.1. The van der Waals surface area contributed by atoms with Gasteiger partial charge in [-0.1, -0.05) is 18.1 Å². The van der Waals surface area contributed by atoms with E-state index in [2.05, 4.69) is 15.6 Å². The number of hydrogen-bond donors (Lipinski definition) is 1. The van der Waals surface area contributed by atoms with Crippen LogP contribution in [0.15, 0.2) is 36.4 Å². The number of fused-ring (bicyclic) bond motifs is 2. The van der Waals surface area contributed by atoms with Gasteiger partial charge in [-0.15, -0.1) is 5.10 Å². The predicted octanol–water partition coefficient (Wildman–Crippen LogP) is 3.77. The van der Waals surface area contributed by atoms with Gasteiger partial charge in [0.05, 0.1) is 11.6 Å². The standard InChI is InChI=1S/C25H27N5O4/c31-24(26-18-6-8-22-23(14-18)34-15-33-22)16-9-11-29(12-10-16)25(32)17-5-7-21-20(13-17)27-28-30(21)19-3-1-2-4-19/h5-8,13-14,16,19H,1-4,9-12,15H2,(H,26,31). The zero-order valence-electron chi connectivity index (χ0n) is 18.9. The van der Waals surface area contributed by atoms with Gasteiger partial charge in [-0.05, 0) is 56.0 Å². The molecule has 3 aliphatic rings. The first-order chi connectivity index (χ1) is 16.7. The fourth-order valence-corrected chi connectivity index (χ4v) is 5.24. The highest BCUT2D eigenvalue weighted by Gasteiger charge is 2.29. The van der Waals surface area contributed by atoms with Crippen molar-refractivity contribution in [3.05, 3.63) is 42.0 Å². The minimum absolute atomic E-state index is 0.0213. The van der Waals surface area contributed by atoms with E-state index in [9.17, 15) is 9.59 Å². The van der Waals surface area contributed by atoms with Crippen LogP contribution in [0.4, 0.5) is 5.69 Å². The van der Waals surface area contributed by atoms with Crippen LogP contribution in [0.25, 0.3) is 11.0 Å². The maximum Gasteiger partial charge on any atom is 0.253 e. The number of carbonyl (C=O) groups is 2. The van der Waals surface area contributed by atoms with Gasteiger partial charge in [0.2, 0.25) is 12.7 Å². The number of aromatic nitrogens is 3. The number of nitrogens with one attached hydrogen (secondary N) is 1. The number of amides is 2. The summed E-state index contributed by atoms with van der Waals surface area (Å²) in [6, 6.07) is 11.5. The minimum atomic E-state index is -0.136. The summed E-state index contributed by atoms with van der Waals surface area (Å²) in [7, 11) is 0. The molecule has 3 aromatic rings. The molecule has 1 saturated carbocycles. The average Bonchev–Trinajstić information content (AvgIpc) is 3.63. The molecule has 2 amide bonds. The molecule has 9 nitrogen and oxygen atoms in total. The summed E-state index contributed by atoms with van der Waals surface area (Å²) in [5.41, 5.74) is 3.05. The fraction of sp³-hybridized carbons (Fsp3) is 0.440. The quantitative estimate of drug-likeness (QED) is 0.635. The maximum atomic E-state index is 13.1. The van der Waals surface area contributed by atoms with E-state index in [0.29, 0.717) is 54.7 Å². The number of carbonyl (C=O) groups excluding carboxylic acids is 2. The average molecular weight is 462 g/mol. The van der Waals surface area contributed by atoms with E-state index in [1.807, 2.05) is 33.8 Å². The van der Waals surface area contributed by atoms with Crippen LogP contribution in [-0.4, -0.2) is 51.6 Å². The summed E-state index contributed by atoms with van der Waals surface area (Å²) in [5, 5.41) is 11.6. The Labute approximate surface area is 197 Å².